The molecule has 6 atom stereocenters. The Morgan fingerprint density at radius 2 is 0.548 bits per heavy atom. The molecular formula is C74H144O17P2. The minimum absolute atomic E-state index is 0.107. The fourth-order valence-electron chi connectivity index (χ4n) is 11.3. The Morgan fingerprint density at radius 1 is 0.312 bits per heavy atom. The molecule has 0 fully saturated rings. The van der Waals surface area contributed by atoms with E-state index in [1.165, 1.54) is 199 Å². The summed E-state index contributed by atoms with van der Waals surface area (Å²) in [6.07, 6.45) is 52.5. The minimum atomic E-state index is -4.96. The van der Waals surface area contributed by atoms with Crippen LogP contribution in [0, 0.1) is 11.8 Å². The maximum atomic E-state index is 13.1. The molecule has 0 radical (unpaired) electrons. The fraction of sp³-hybridized carbons (Fsp3) is 0.946. The predicted molar refractivity (Wildman–Crippen MR) is 377 cm³/mol. The van der Waals surface area contributed by atoms with E-state index in [9.17, 15) is 43.2 Å². The Balaban J connectivity index is 5.24. The van der Waals surface area contributed by atoms with Crippen LogP contribution in [0.5, 0.6) is 0 Å². The molecular weight excluding hydrogens is 1220 g/mol. The van der Waals surface area contributed by atoms with Crippen molar-refractivity contribution in [2.24, 2.45) is 11.8 Å². The molecule has 3 unspecified atom stereocenters. The summed E-state index contributed by atoms with van der Waals surface area (Å²) in [7, 11) is -9.91. The van der Waals surface area contributed by atoms with E-state index in [0.29, 0.717) is 25.7 Å². The smallest absolute Gasteiger partial charge is 0.462 e. The van der Waals surface area contributed by atoms with Crippen molar-refractivity contribution in [3.05, 3.63) is 0 Å². The van der Waals surface area contributed by atoms with E-state index in [1.54, 1.807) is 0 Å². The van der Waals surface area contributed by atoms with Crippen LogP contribution in [0.2, 0.25) is 0 Å². The molecule has 552 valence electrons. The fourth-order valence-corrected chi connectivity index (χ4v) is 12.8. The highest BCUT2D eigenvalue weighted by atomic mass is 31.2. The molecule has 17 nitrogen and oxygen atoms in total. The van der Waals surface area contributed by atoms with Crippen molar-refractivity contribution in [3.63, 3.8) is 0 Å². The first-order valence-corrected chi connectivity index (χ1v) is 41.5. The highest BCUT2D eigenvalue weighted by Crippen LogP contribution is 2.45. The van der Waals surface area contributed by atoms with Crippen LogP contribution in [0.25, 0.3) is 0 Å². The number of aliphatic hydroxyl groups excluding tert-OH is 1. The van der Waals surface area contributed by atoms with Crippen molar-refractivity contribution < 1.29 is 80.2 Å². The molecule has 0 heterocycles. The topological polar surface area (TPSA) is 237 Å². The van der Waals surface area contributed by atoms with Gasteiger partial charge in [0.2, 0.25) is 0 Å². The summed E-state index contributed by atoms with van der Waals surface area (Å²) in [5, 5.41) is 10.6. The highest BCUT2D eigenvalue weighted by molar-refractivity contribution is 7.47. The van der Waals surface area contributed by atoms with Crippen LogP contribution in [0.4, 0.5) is 0 Å². The van der Waals surface area contributed by atoms with Gasteiger partial charge in [0.1, 0.15) is 19.3 Å². The lowest BCUT2D eigenvalue weighted by Gasteiger charge is -2.21. The van der Waals surface area contributed by atoms with Gasteiger partial charge in [0.05, 0.1) is 26.4 Å². The van der Waals surface area contributed by atoms with Gasteiger partial charge in [-0.1, -0.05) is 330 Å². The molecule has 0 aromatic rings. The van der Waals surface area contributed by atoms with Gasteiger partial charge in [-0.05, 0) is 37.5 Å². The van der Waals surface area contributed by atoms with E-state index < -0.39 is 97.5 Å². The summed E-state index contributed by atoms with van der Waals surface area (Å²) in [5.41, 5.74) is 0. The Morgan fingerprint density at radius 3 is 0.817 bits per heavy atom. The number of esters is 4. The van der Waals surface area contributed by atoms with Crippen LogP contribution in [-0.4, -0.2) is 96.7 Å². The van der Waals surface area contributed by atoms with Crippen molar-refractivity contribution in [2.75, 3.05) is 39.6 Å². The van der Waals surface area contributed by atoms with Crippen LogP contribution in [0.1, 0.15) is 382 Å². The second kappa shape index (κ2) is 66.0. The molecule has 0 aromatic heterocycles. The molecule has 93 heavy (non-hydrogen) atoms. The van der Waals surface area contributed by atoms with Gasteiger partial charge in [-0.15, -0.1) is 0 Å². The van der Waals surface area contributed by atoms with E-state index in [-0.39, 0.29) is 25.7 Å². The van der Waals surface area contributed by atoms with Gasteiger partial charge >= 0.3 is 39.5 Å². The lowest BCUT2D eigenvalue weighted by molar-refractivity contribution is -0.161. The first-order valence-electron chi connectivity index (χ1n) is 38.5. The molecule has 0 aliphatic heterocycles. The van der Waals surface area contributed by atoms with E-state index >= 15 is 0 Å². The van der Waals surface area contributed by atoms with Gasteiger partial charge in [0.25, 0.3) is 0 Å². The van der Waals surface area contributed by atoms with Crippen molar-refractivity contribution in [1.82, 2.24) is 0 Å². The third-order valence-electron chi connectivity index (χ3n) is 17.6. The SMILES string of the molecule is CCCCCCCCCCCCCCC(=O)O[C@H](COC(=O)CCCCCCCCCCCC)COP(=O)(O)OC[C@H](O)COP(=O)(O)OC[C@@H](COC(=O)CCCCCCCCCCCCC(C)C)OC(=O)CCCCCCCCCCCCCCCCC(C)CC. The summed E-state index contributed by atoms with van der Waals surface area (Å²) >= 11 is 0. The highest BCUT2D eigenvalue weighted by Gasteiger charge is 2.30. The van der Waals surface area contributed by atoms with Gasteiger partial charge in [-0.3, -0.25) is 37.3 Å². The monoisotopic (exact) mass is 1370 g/mol. The number of hydrogen-bond donors (Lipinski definition) is 3. The van der Waals surface area contributed by atoms with Crippen LogP contribution >= 0.6 is 15.6 Å². The minimum Gasteiger partial charge on any atom is -0.462 e. The molecule has 3 N–H and O–H groups in total. The number of hydrogen-bond acceptors (Lipinski definition) is 15. The van der Waals surface area contributed by atoms with Crippen molar-refractivity contribution >= 4 is 39.5 Å². The quantitative estimate of drug-likeness (QED) is 0.0222. The third-order valence-corrected chi connectivity index (χ3v) is 19.5. The first kappa shape index (κ1) is 91.1. The second-order valence-corrected chi connectivity index (χ2v) is 30.3. The number of carbonyl (C=O) groups is 4. The average Bonchev–Trinajstić information content (AvgIpc) is 2.23. The summed E-state index contributed by atoms with van der Waals surface area (Å²) < 4.78 is 68.4. The second-order valence-electron chi connectivity index (χ2n) is 27.4. The Labute approximate surface area is 568 Å². The summed E-state index contributed by atoms with van der Waals surface area (Å²) in [6, 6.07) is 0. The lowest BCUT2D eigenvalue weighted by atomic mass is 9.99. The lowest BCUT2D eigenvalue weighted by Crippen LogP contribution is -2.30. The van der Waals surface area contributed by atoms with Gasteiger partial charge in [-0.25, -0.2) is 9.13 Å². The molecule has 0 amide bonds. The van der Waals surface area contributed by atoms with E-state index in [0.717, 1.165) is 102 Å². The van der Waals surface area contributed by atoms with Crippen molar-refractivity contribution in [1.29, 1.82) is 0 Å². The standard InChI is InChI=1S/C74H144O17P2/c1-7-10-12-14-16-18-20-26-34-40-46-52-58-73(78)90-69(62-84-71(76)56-50-44-38-32-19-17-15-13-11-8-2)64-88-92(80,81)86-60-68(75)61-87-93(82,83)89-65-70(63-85-72(77)57-51-45-39-33-29-28-30-36-42-48-54-66(4)5)91-74(79)59-53-47-41-35-27-24-22-21-23-25-31-37-43-49-55-67(6)9-3/h66-70,75H,7-65H2,1-6H3,(H,80,81)(H,82,83)/t67?,68-,69+,70+/m0/s1. The van der Waals surface area contributed by atoms with E-state index in [1.807, 2.05) is 0 Å². The van der Waals surface area contributed by atoms with Gasteiger partial charge in [0, 0.05) is 25.7 Å². The molecule has 0 aromatic carbocycles. The van der Waals surface area contributed by atoms with Crippen molar-refractivity contribution in [3.8, 4) is 0 Å². The largest absolute Gasteiger partial charge is 0.472 e. The molecule has 0 aliphatic rings. The number of rotatable bonds is 73. The first-order chi connectivity index (χ1) is 44.9. The van der Waals surface area contributed by atoms with E-state index in [2.05, 4.69) is 41.5 Å². The van der Waals surface area contributed by atoms with Crippen LogP contribution < -0.4 is 0 Å². The molecule has 0 aliphatic carbocycles. The summed E-state index contributed by atoms with van der Waals surface area (Å²) in [6.45, 7) is 9.62. The number of ether oxygens (including phenoxy) is 4. The van der Waals surface area contributed by atoms with Crippen molar-refractivity contribution in [2.45, 2.75) is 400 Å². The molecule has 0 rings (SSSR count). The van der Waals surface area contributed by atoms with Crippen LogP contribution in [-0.2, 0) is 65.4 Å². The molecule has 0 bridgehead atoms. The number of phosphoric acid groups is 2. The van der Waals surface area contributed by atoms with Crippen LogP contribution in [0.3, 0.4) is 0 Å². The van der Waals surface area contributed by atoms with Gasteiger partial charge < -0.3 is 33.8 Å². The average molecular weight is 1370 g/mol. The predicted octanol–water partition coefficient (Wildman–Crippen LogP) is 21.6. The zero-order chi connectivity index (χ0) is 68.6. The maximum Gasteiger partial charge on any atom is 0.472 e. The van der Waals surface area contributed by atoms with E-state index in [4.69, 9.17) is 37.0 Å². The Hall–Kier alpha value is -1.94. The maximum absolute atomic E-state index is 13.1. The number of phosphoric ester groups is 2. The zero-order valence-corrected chi connectivity index (χ0v) is 62.3. The van der Waals surface area contributed by atoms with Crippen LogP contribution in [0.15, 0.2) is 0 Å². The normalized spacial score (nSPS) is 14.3. The molecule has 0 saturated heterocycles. The van der Waals surface area contributed by atoms with Gasteiger partial charge in [-0.2, -0.15) is 0 Å². The molecule has 19 heteroatoms. The molecule has 0 spiro atoms. The molecule has 0 saturated carbocycles. The summed E-state index contributed by atoms with van der Waals surface area (Å²) in [5.74, 6) is -0.513. The summed E-state index contributed by atoms with van der Waals surface area (Å²) in [4.78, 5) is 72.7. The number of unbranched alkanes of at least 4 members (excludes halogenated alkanes) is 42. The Kier molecular flexibility index (Phi) is 64.6. The third kappa shape index (κ3) is 67.0. The zero-order valence-electron chi connectivity index (χ0n) is 60.6. The number of aliphatic hydroxyl groups is 1. The van der Waals surface area contributed by atoms with Gasteiger partial charge in [0.15, 0.2) is 12.2 Å². The Bertz CT molecular complexity index is 1810. The number of carbonyl (C=O) groups excluding carboxylic acids is 4.